The Labute approximate surface area is 107 Å². The van der Waals surface area contributed by atoms with Crippen LogP contribution in [0.1, 0.15) is 12.6 Å². The smallest absolute Gasteiger partial charge is 0.300 e. The van der Waals surface area contributed by atoms with Crippen LogP contribution >= 0.6 is 0 Å². The lowest BCUT2D eigenvalue weighted by atomic mass is 10.3. The fraction of sp³-hybridized carbons (Fsp3) is 0.500. The van der Waals surface area contributed by atoms with E-state index in [1.165, 1.54) is 0 Å². The fourth-order valence-electron chi connectivity index (χ4n) is 1.27. The highest BCUT2D eigenvalue weighted by atomic mass is 16.4. The molecule has 3 N–H and O–H groups in total. The van der Waals surface area contributed by atoms with Gasteiger partial charge in [0.15, 0.2) is 0 Å². The zero-order valence-corrected chi connectivity index (χ0v) is 10.5. The van der Waals surface area contributed by atoms with E-state index < -0.39 is 5.97 Å². The average Bonchev–Trinajstić information content (AvgIpc) is 2.30. The zero-order chi connectivity index (χ0) is 13.8. The first-order chi connectivity index (χ1) is 8.60. The number of hydrogen-bond acceptors (Lipinski definition) is 5. The van der Waals surface area contributed by atoms with Gasteiger partial charge in [-0.15, -0.1) is 0 Å². The van der Waals surface area contributed by atoms with Crippen molar-refractivity contribution in [3.63, 3.8) is 0 Å². The third-order valence-electron chi connectivity index (χ3n) is 1.94. The van der Waals surface area contributed by atoms with Crippen molar-refractivity contribution in [1.82, 2.24) is 9.88 Å². The Morgan fingerprint density at radius 2 is 1.83 bits per heavy atom. The molecule has 0 aromatic carbocycles. The molecule has 1 aromatic heterocycles. The average molecular weight is 256 g/mol. The van der Waals surface area contributed by atoms with Gasteiger partial charge < -0.3 is 15.3 Å². The van der Waals surface area contributed by atoms with E-state index in [0.717, 1.165) is 12.6 Å². The van der Waals surface area contributed by atoms with Crippen molar-refractivity contribution in [3.05, 3.63) is 30.1 Å². The van der Waals surface area contributed by atoms with Gasteiger partial charge in [0.1, 0.15) is 0 Å². The predicted octanol–water partition coefficient (Wildman–Crippen LogP) is -0.0409. The molecule has 0 aliphatic carbocycles. The van der Waals surface area contributed by atoms with E-state index in [1.807, 2.05) is 23.1 Å². The molecule has 0 aliphatic rings. The van der Waals surface area contributed by atoms with Crippen LogP contribution in [0.5, 0.6) is 0 Å². The largest absolute Gasteiger partial charge is 0.481 e. The Balaban J connectivity index is 0.000000631. The summed E-state index contributed by atoms with van der Waals surface area (Å²) in [5.74, 6) is -0.833. The number of aliphatic carboxylic acids is 1. The molecule has 18 heavy (non-hydrogen) atoms. The van der Waals surface area contributed by atoms with Crippen LogP contribution in [0.15, 0.2) is 24.4 Å². The molecule has 0 bridgehead atoms. The Morgan fingerprint density at radius 3 is 2.22 bits per heavy atom. The van der Waals surface area contributed by atoms with Gasteiger partial charge in [-0.3, -0.25) is 14.7 Å². The molecule has 6 nitrogen and oxygen atoms in total. The molecule has 0 saturated heterocycles. The van der Waals surface area contributed by atoms with Gasteiger partial charge in [0.05, 0.1) is 18.9 Å². The van der Waals surface area contributed by atoms with Gasteiger partial charge in [0.2, 0.25) is 0 Å². The van der Waals surface area contributed by atoms with E-state index in [0.29, 0.717) is 19.6 Å². The van der Waals surface area contributed by atoms with Crippen LogP contribution in [0.25, 0.3) is 0 Å². The highest BCUT2D eigenvalue weighted by Crippen LogP contribution is 1.99. The maximum atomic E-state index is 9.00. The number of carboxylic acid groups (broad SMARTS) is 1. The van der Waals surface area contributed by atoms with Gasteiger partial charge in [-0.05, 0) is 12.1 Å². The number of aliphatic hydroxyl groups excluding tert-OH is 2. The SMILES string of the molecule is CC(=O)O.OCCN(CCO)Cc1ccccn1. The van der Waals surface area contributed by atoms with Crippen molar-refractivity contribution in [1.29, 1.82) is 0 Å². The van der Waals surface area contributed by atoms with Crippen molar-refractivity contribution in [2.45, 2.75) is 13.5 Å². The molecule has 0 unspecified atom stereocenters. The molecule has 1 heterocycles. The fourth-order valence-corrected chi connectivity index (χ4v) is 1.27. The first-order valence-electron chi connectivity index (χ1n) is 5.63. The molecule has 102 valence electrons. The second-order valence-corrected chi connectivity index (χ2v) is 3.56. The van der Waals surface area contributed by atoms with Crippen LogP contribution in [0, 0.1) is 0 Å². The van der Waals surface area contributed by atoms with Crippen LogP contribution < -0.4 is 0 Å². The summed E-state index contributed by atoms with van der Waals surface area (Å²) in [5.41, 5.74) is 0.953. The summed E-state index contributed by atoms with van der Waals surface area (Å²) in [6.07, 6.45) is 1.74. The Bertz CT molecular complexity index is 309. The highest BCUT2D eigenvalue weighted by Gasteiger charge is 2.04. The summed E-state index contributed by atoms with van der Waals surface area (Å²) in [7, 11) is 0. The van der Waals surface area contributed by atoms with E-state index in [-0.39, 0.29) is 13.2 Å². The van der Waals surface area contributed by atoms with Crippen molar-refractivity contribution < 1.29 is 20.1 Å². The topological polar surface area (TPSA) is 93.9 Å². The lowest BCUT2D eigenvalue weighted by Crippen LogP contribution is -2.29. The van der Waals surface area contributed by atoms with Crippen LogP contribution in [0.4, 0.5) is 0 Å². The van der Waals surface area contributed by atoms with Crippen LogP contribution in [-0.4, -0.2) is 57.5 Å². The van der Waals surface area contributed by atoms with E-state index in [1.54, 1.807) is 6.20 Å². The maximum absolute atomic E-state index is 9.00. The van der Waals surface area contributed by atoms with Crippen molar-refractivity contribution >= 4 is 5.97 Å². The molecule has 0 atom stereocenters. The van der Waals surface area contributed by atoms with Crippen molar-refractivity contribution in [3.8, 4) is 0 Å². The summed E-state index contributed by atoms with van der Waals surface area (Å²) in [5, 5.41) is 25.0. The first-order valence-corrected chi connectivity index (χ1v) is 5.63. The third-order valence-corrected chi connectivity index (χ3v) is 1.94. The summed E-state index contributed by atoms with van der Waals surface area (Å²) in [6, 6.07) is 5.73. The van der Waals surface area contributed by atoms with Crippen molar-refractivity contribution in [2.75, 3.05) is 26.3 Å². The zero-order valence-electron chi connectivity index (χ0n) is 10.5. The third kappa shape index (κ3) is 9.71. The molecule has 1 aromatic rings. The minimum atomic E-state index is -0.833. The van der Waals surface area contributed by atoms with Gasteiger partial charge >= 0.3 is 0 Å². The van der Waals surface area contributed by atoms with Gasteiger partial charge in [0.25, 0.3) is 5.97 Å². The van der Waals surface area contributed by atoms with Gasteiger partial charge in [-0.1, -0.05) is 6.07 Å². The number of aliphatic hydroxyl groups is 2. The van der Waals surface area contributed by atoms with Gasteiger partial charge in [-0.2, -0.15) is 0 Å². The van der Waals surface area contributed by atoms with E-state index >= 15 is 0 Å². The Hall–Kier alpha value is -1.50. The molecule has 0 amide bonds. The molecule has 0 saturated carbocycles. The summed E-state index contributed by atoms with van der Waals surface area (Å²) in [4.78, 5) is 15.1. The minimum Gasteiger partial charge on any atom is -0.481 e. The first kappa shape index (κ1) is 16.5. The molecule has 0 aliphatic heterocycles. The maximum Gasteiger partial charge on any atom is 0.300 e. The molecule has 0 fully saturated rings. The number of hydrogen-bond donors (Lipinski definition) is 3. The summed E-state index contributed by atoms with van der Waals surface area (Å²) in [6.45, 7) is 3.09. The number of carboxylic acids is 1. The van der Waals surface area contributed by atoms with E-state index in [9.17, 15) is 0 Å². The van der Waals surface area contributed by atoms with Gasteiger partial charge in [0, 0.05) is 32.8 Å². The number of pyridine rings is 1. The van der Waals surface area contributed by atoms with Crippen LogP contribution in [0.3, 0.4) is 0 Å². The molecule has 0 radical (unpaired) electrons. The highest BCUT2D eigenvalue weighted by molar-refractivity contribution is 5.62. The second-order valence-electron chi connectivity index (χ2n) is 3.56. The number of carbonyl (C=O) groups is 1. The van der Waals surface area contributed by atoms with E-state index in [2.05, 4.69) is 4.98 Å². The molecular weight excluding hydrogens is 236 g/mol. The molecule has 0 spiro atoms. The van der Waals surface area contributed by atoms with Crippen LogP contribution in [-0.2, 0) is 11.3 Å². The molecule has 6 heteroatoms. The van der Waals surface area contributed by atoms with Gasteiger partial charge in [-0.25, -0.2) is 0 Å². The lowest BCUT2D eigenvalue weighted by Gasteiger charge is -2.19. The quantitative estimate of drug-likeness (QED) is 0.661. The predicted molar refractivity (Wildman–Crippen MR) is 67.0 cm³/mol. The Kier molecular flexibility index (Phi) is 9.75. The van der Waals surface area contributed by atoms with E-state index in [4.69, 9.17) is 20.1 Å². The monoisotopic (exact) mass is 256 g/mol. The number of nitrogens with zero attached hydrogens (tertiary/aromatic N) is 2. The Morgan fingerprint density at radius 1 is 1.28 bits per heavy atom. The standard InChI is InChI=1S/C10H16N2O2.C2H4O2/c13-7-5-12(6-8-14)9-10-3-1-2-4-11-10;1-2(3)4/h1-4,13-14H,5-9H2;1H3,(H,3,4). The number of rotatable bonds is 6. The lowest BCUT2D eigenvalue weighted by molar-refractivity contribution is -0.134. The normalized spacial score (nSPS) is 9.78. The second kappa shape index (κ2) is 10.6. The van der Waals surface area contributed by atoms with Crippen molar-refractivity contribution in [2.24, 2.45) is 0 Å². The summed E-state index contributed by atoms with van der Waals surface area (Å²) < 4.78 is 0. The summed E-state index contributed by atoms with van der Waals surface area (Å²) >= 11 is 0. The number of aromatic nitrogens is 1. The minimum absolute atomic E-state index is 0.104. The molecular formula is C12H20N2O4. The van der Waals surface area contributed by atoms with Crippen LogP contribution in [0.2, 0.25) is 0 Å². The molecule has 1 rings (SSSR count).